The number of carbonyl (C=O) groups excluding carboxylic acids is 1. The Labute approximate surface area is 185 Å². The molecular formula is C22H24FN3O3S2. The summed E-state index contributed by atoms with van der Waals surface area (Å²) in [6, 6.07) is 12.4. The Morgan fingerprint density at radius 3 is 2.48 bits per heavy atom. The zero-order chi connectivity index (χ0) is 22.2. The first-order valence-electron chi connectivity index (χ1n) is 10.0. The molecule has 0 saturated carbocycles. The highest BCUT2D eigenvalue weighted by molar-refractivity contribution is 7.89. The molecule has 1 fully saturated rings. The van der Waals surface area contributed by atoms with Crippen LogP contribution < -0.4 is 5.32 Å². The van der Waals surface area contributed by atoms with Crippen LogP contribution in [-0.2, 0) is 10.0 Å². The van der Waals surface area contributed by atoms with Crippen molar-refractivity contribution in [1.82, 2.24) is 9.21 Å². The van der Waals surface area contributed by atoms with Gasteiger partial charge in [-0.25, -0.2) is 12.8 Å². The van der Waals surface area contributed by atoms with Crippen molar-refractivity contribution in [1.29, 1.82) is 0 Å². The lowest BCUT2D eigenvalue weighted by atomic mass is 10.1. The quantitative estimate of drug-likeness (QED) is 0.623. The number of hydrogen-bond acceptors (Lipinski definition) is 5. The van der Waals surface area contributed by atoms with Crippen molar-refractivity contribution >= 4 is 43.0 Å². The van der Waals surface area contributed by atoms with Gasteiger partial charge >= 0.3 is 0 Å². The maximum Gasteiger partial charge on any atom is 0.265 e. The summed E-state index contributed by atoms with van der Waals surface area (Å²) < 4.78 is 42.0. The van der Waals surface area contributed by atoms with Crippen molar-refractivity contribution in [2.24, 2.45) is 0 Å². The zero-order valence-electron chi connectivity index (χ0n) is 17.3. The van der Waals surface area contributed by atoms with Gasteiger partial charge in [-0.05, 0) is 75.4 Å². The number of anilines is 1. The molecule has 1 N–H and O–H groups in total. The van der Waals surface area contributed by atoms with E-state index in [1.807, 2.05) is 7.05 Å². The monoisotopic (exact) mass is 461 g/mol. The number of nitrogens with one attached hydrogen (secondary N) is 1. The summed E-state index contributed by atoms with van der Waals surface area (Å²) in [6.45, 7) is 1.74. The highest BCUT2D eigenvalue weighted by Gasteiger charge is 2.30. The van der Waals surface area contributed by atoms with Crippen LogP contribution >= 0.6 is 11.3 Å². The van der Waals surface area contributed by atoms with Crippen molar-refractivity contribution in [3.8, 4) is 0 Å². The van der Waals surface area contributed by atoms with E-state index in [-0.39, 0.29) is 22.7 Å². The molecule has 0 aliphatic carbocycles. The minimum atomic E-state index is -3.61. The van der Waals surface area contributed by atoms with Gasteiger partial charge in [-0.3, -0.25) is 4.79 Å². The number of thiophene rings is 1. The second kappa shape index (κ2) is 8.66. The number of carbonyl (C=O) groups is 1. The number of amides is 1. The Morgan fingerprint density at radius 1 is 1.16 bits per heavy atom. The van der Waals surface area contributed by atoms with Gasteiger partial charge < -0.3 is 10.2 Å². The topological polar surface area (TPSA) is 69.7 Å². The number of benzene rings is 2. The molecule has 1 aliphatic heterocycles. The number of likely N-dealkylation sites (tertiary alicyclic amines) is 1. The van der Waals surface area contributed by atoms with Gasteiger partial charge in [0.1, 0.15) is 5.82 Å². The van der Waals surface area contributed by atoms with Crippen molar-refractivity contribution in [2.45, 2.75) is 23.8 Å². The fourth-order valence-corrected chi connectivity index (χ4v) is 6.15. The Balaban J connectivity index is 1.47. The molecule has 1 aromatic heterocycles. The van der Waals surface area contributed by atoms with Gasteiger partial charge in [0, 0.05) is 28.9 Å². The Morgan fingerprint density at radius 2 is 1.84 bits per heavy atom. The molecular weight excluding hydrogens is 437 g/mol. The number of rotatable bonds is 5. The summed E-state index contributed by atoms with van der Waals surface area (Å²) in [6.07, 6.45) is 1.60. The van der Waals surface area contributed by atoms with Crippen LogP contribution in [0.3, 0.4) is 0 Å². The van der Waals surface area contributed by atoms with Gasteiger partial charge in [-0.1, -0.05) is 6.07 Å². The number of fused-ring (bicyclic) bond motifs is 1. The van der Waals surface area contributed by atoms with E-state index in [0.717, 1.165) is 25.9 Å². The molecule has 2 aromatic carbocycles. The van der Waals surface area contributed by atoms with Crippen molar-refractivity contribution in [3.05, 3.63) is 59.2 Å². The molecule has 6 nitrogen and oxygen atoms in total. The lowest BCUT2D eigenvalue weighted by Gasteiger charge is -2.34. The standard InChI is InChI=1S/C22H24FN3O3S2/c1-25-12-10-16(11-13-25)26(2)31(28,29)17-8-6-15(7-9-17)24-22(27)21-14-18-19(23)4-3-5-20(18)30-21/h3-9,14,16H,10-13H2,1-2H3,(H,24,27). The Kier molecular flexibility index (Phi) is 6.11. The van der Waals surface area contributed by atoms with Crippen molar-refractivity contribution < 1.29 is 17.6 Å². The van der Waals surface area contributed by atoms with Crippen LogP contribution in [0.5, 0.6) is 0 Å². The van der Waals surface area contributed by atoms with Gasteiger partial charge in [0.2, 0.25) is 10.0 Å². The average molecular weight is 462 g/mol. The zero-order valence-corrected chi connectivity index (χ0v) is 19.0. The molecule has 1 saturated heterocycles. The highest BCUT2D eigenvalue weighted by Crippen LogP contribution is 2.29. The summed E-state index contributed by atoms with van der Waals surface area (Å²) in [7, 11) is 0.0483. The number of hydrogen-bond donors (Lipinski definition) is 1. The van der Waals surface area contributed by atoms with Gasteiger partial charge in [0.15, 0.2) is 0 Å². The summed E-state index contributed by atoms with van der Waals surface area (Å²) >= 11 is 1.21. The van der Waals surface area contributed by atoms with E-state index in [2.05, 4.69) is 10.2 Å². The maximum atomic E-state index is 13.9. The fraction of sp³-hybridized carbons (Fsp3) is 0.318. The Bertz CT molecular complexity index is 1200. The molecule has 0 radical (unpaired) electrons. The molecule has 0 spiro atoms. The summed E-state index contributed by atoms with van der Waals surface area (Å²) in [5.41, 5.74) is 0.476. The van der Waals surface area contributed by atoms with Gasteiger partial charge in [0.05, 0.1) is 9.77 Å². The van der Waals surface area contributed by atoms with E-state index >= 15 is 0 Å². The molecule has 9 heteroatoms. The van der Waals surface area contributed by atoms with Crippen molar-refractivity contribution in [3.63, 3.8) is 0 Å². The van der Waals surface area contributed by atoms with Crippen LogP contribution in [0, 0.1) is 5.82 Å². The highest BCUT2D eigenvalue weighted by atomic mass is 32.2. The minimum absolute atomic E-state index is 0.0195. The lowest BCUT2D eigenvalue weighted by molar-refractivity contribution is 0.103. The van der Waals surface area contributed by atoms with Crippen LogP contribution in [0.25, 0.3) is 10.1 Å². The molecule has 0 unspecified atom stereocenters. The van der Waals surface area contributed by atoms with Crippen molar-refractivity contribution in [2.75, 3.05) is 32.5 Å². The number of piperidine rings is 1. The second-order valence-corrected chi connectivity index (χ2v) is 10.9. The SMILES string of the molecule is CN1CCC(N(C)S(=O)(=O)c2ccc(NC(=O)c3cc4c(F)cccc4s3)cc2)CC1. The predicted molar refractivity (Wildman–Crippen MR) is 122 cm³/mol. The average Bonchev–Trinajstić information content (AvgIpc) is 3.20. The van der Waals surface area contributed by atoms with Gasteiger partial charge in [0.25, 0.3) is 5.91 Å². The fourth-order valence-electron chi connectivity index (χ4n) is 3.76. The van der Waals surface area contributed by atoms with E-state index in [1.165, 1.54) is 39.9 Å². The molecule has 0 atom stereocenters. The summed E-state index contributed by atoms with van der Waals surface area (Å²) in [4.78, 5) is 15.3. The third-order valence-corrected chi connectivity index (χ3v) is 8.75. The van der Waals surface area contributed by atoms with Crippen LogP contribution in [-0.4, -0.2) is 56.8 Å². The molecule has 0 bridgehead atoms. The third kappa shape index (κ3) is 4.50. The second-order valence-electron chi connectivity index (χ2n) is 7.80. The largest absolute Gasteiger partial charge is 0.321 e. The molecule has 164 valence electrons. The van der Waals surface area contributed by atoms with Gasteiger partial charge in [-0.15, -0.1) is 11.3 Å². The van der Waals surface area contributed by atoms with E-state index in [9.17, 15) is 17.6 Å². The molecule has 31 heavy (non-hydrogen) atoms. The molecule has 1 aliphatic rings. The first-order chi connectivity index (χ1) is 14.8. The van der Waals surface area contributed by atoms with E-state index < -0.39 is 10.0 Å². The van der Waals surface area contributed by atoms with Crippen LogP contribution in [0.15, 0.2) is 53.4 Å². The number of nitrogens with zero attached hydrogens (tertiary/aromatic N) is 2. The first-order valence-corrected chi connectivity index (χ1v) is 12.3. The third-order valence-electron chi connectivity index (χ3n) is 5.72. The minimum Gasteiger partial charge on any atom is -0.321 e. The van der Waals surface area contributed by atoms with Crippen LogP contribution in [0.1, 0.15) is 22.5 Å². The van der Waals surface area contributed by atoms with Crippen LogP contribution in [0.2, 0.25) is 0 Å². The normalized spacial score (nSPS) is 16.1. The predicted octanol–water partition coefficient (Wildman–Crippen LogP) is 4.01. The van der Waals surface area contributed by atoms with E-state index in [1.54, 1.807) is 31.3 Å². The van der Waals surface area contributed by atoms with Gasteiger partial charge in [-0.2, -0.15) is 4.31 Å². The molecule has 4 rings (SSSR count). The molecule has 2 heterocycles. The lowest BCUT2D eigenvalue weighted by Crippen LogP contribution is -2.44. The van der Waals surface area contributed by atoms with E-state index in [0.29, 0.717) is 20.7 Å². The first kappa shape index (κ1) is 21.9. The maximum absolute atomic E-state index is 13.9. The number of halogens is 1. The van der Waals surface area contributed by atoms with Crippen LogP contribution in [0.4, 0.5) is 10.1 Å². The molecule has 3 aromatic rings. The summed E-state index contributed by atoms with van der Waals surface area (Å²) in [5.74, 6) is -0.726. The Hall–Kier alpha value is -2.33. The van der Waals surface area contributed by atoms with E-state index in [4.69, 9.17) is 0 Å². The summed E-state index contributed by atoms with van der Waals surface area (Å²) in [5, 5.41) is 3.16. The number of sulfonamides is 1. The molecule has 1 amide bonds. The smallest absolute Gasteiger partial charge is 0.265 e.